The molecule has 2 aliphatic heterocycles. The Bertz CT molecular complexity index is 1240. The van der Waals surface area contributed by atoms with Crippen molar-refractivity contribution in [2.24, 2.45) is 11.5 Å². The van der Waals surface area contributed by atoms with E-state index in [0.717, 1.165) is 5.56 Å². The topological polar surface area (TPSA) is 125 Å². The molecule has 1 unspecified atom stereocenters. The molecule has 4 amide bonds. The summed E-state index contributed by atoms with van der Waals surface area (Å²) in [6.45, 7) is 5.10. The number of terminal acetylenes is 1. The number of carbonyl (C=O) groups is 3. The summed E-state index contributed by atoms with van der Waals surface area (Å²) in [7, 11) is 0. The van der Waals surface area contributed by atoms with Crippen LogP contribution in [0.1, 0.15) is 30.0 Å². The normalized spacial score (nSPS) is 26.0. The number of ether oxygens (including phenoxy) is 2. The first kappa shape index (κ1) is 25.4. The van der Waals surface area contributed by atoms with E-state index < -0.39 is 28.1 Å². The maximum absolute atomic E-state index is 13.5. The minimum atomic E-state index is -1.54. The lowest BCUT2D eigenvalue weighted by Gasteiger charge is -2.43. The van der Waals surface area contributed by atoms with Gasteiger partial charge in [0.2, 0.25) is 5.54 Å². The highest BCUT2D eigenvalue weighted by Crippen LogP contribution is 2.50. The quantitative estimate of drug-likeness (QED) is 0.472. The van der Waals surface area contributed by atoms with E-state index >= 15 is 0 Å². The van der Waals surface area contributed by atoms with Crippen LogP contribution in [0, 0.1) is 19.3 Å². The molecule has 0 aromatic heterocycles. The van der Waals surface area contributed by atoms with Crippen LogP contribution in [0.15, 0.2) is 42.5 Å². The van der Waals surface area contributed by atoms with Crippen molar-refractivity contribution in [3.05, 3.63) is 59.2 Å². The van der Waals surface area contributed by atoms with Crippen molar-refractivity contribution in [1.82, 2.24) is 4.48 Å². The third-order valence-corrected chi connectivity index (χ3v) is 7.26. The minimum absolute atomic E-state index is 0.0117. The van der Waals surface area contributed by atoms with Gasteiger partial charge in [-0.3, -0.25) is 9.59 Å². The number of nitrogens with two attached hydrogens (primary N) is 2. The first-order valence-electron chi connectivity index (χ1n) is 11.9. The predicted octanol–water partition coefficient (Wildman–Crippen LogP) is 1.92. The van der Waals surface area contributed by atoms with Crippen molar-refractivity contribution < 1.29 is 23.9 Å². The Morgan fingerprint density at radius 3 is 2.53 bits per heavy atom. The second-order valence-corrected chi connectivity index (χ2v) is 9.13. The van der Waals surface area contributed by atoms with E-state index in [4.69, 9.17) is 27.4 Å². The summed E-state index contributed by atoms with van der Waals surface area (Å²) in [5.41, 5.74) is 13.8. The van der Waals surface area contributed by atoms with Crippen LogP contribution in [0.4, 0.5) is 16.2 Å². The number of carbonyl (C=O) groups excluding carboxylic acids is 3. The lowest BCUT2D eigenvalue weighted by Crippen LogP contribution is -2.70. The van der Waals surface area contributed by atoms with E-state index in [-0.39, 0.29) is 25.5 Å². The standard InChI is InChI=1S/C27H30N4O5/c1-4-19-6-9-21(10-7-19)31(26(29)34)16-22(36-5-2)15-27(31,25(28)33)20-8-11-23(18(3)14-20)30-12-13-35-17-24(30)32/h1,6-11,14,22H,5,12-13,15-17H2,2-3H3,(H3-,28,29,33,34)/p+1/t22-,27-,31?/m1/s1. The van der Waals surface area contributed by atoms with Crippen LogP contribution in [-0.4, -0.2) is 56.9 Å². The fraction of sp³-hybridized carbons (Fsp3) is 0.370. The average Bonchev–Trinajstić information content (AvgIpc) is 3.22. The molecule has 9 heteroatoms. The Kier molecular flexibility index (Phi) is 6.87. The van der Waals surface area contributed by atoms with Gasteiger partial charge >= 0.3 is 6.03 Å². The van der Waals surface area contributed by atoms with Gasteiger partial charge in [0.15, 0.2) is 0 Å². The van der Waals surface area contributed by atoms with E-state index in [0.29, 0.717) is 42.3 Å². The summed E-state index contributed by atoms with van der Waals surface area (Å²) < 4.78 is 10.6. The minimum Gasteiger partial charge on any atom is -0.372 e. The summed E-state index contributed by atoms with van der Waals surface area (Å²) in [5, 5.41) is 0. The second-order valence-electron chi connectivity index (χ2n) is 9.13. The summed E-state index contributed by atoms with van der Waals surface area (Å²) in [6, 6.07) is 11.4. The van der Waals surface area contributed by atoms with Crippen molar-refractivity contribution in [1.29, 1.82) is 0 Å². The fourth-order valence-electron chi connectivity index (χ4n) is 5.66. The predicted molar refractivity (Wildman–Crippen MR) is 136 cm³/mol. The van der Waals surface area contributed by atoms with Crippen molar-refractivity contribution in [3.8, 4) is 12.3 Å². The summed E-state index contributed by atoms with van der Waals surface area (Å²) >= 11 is 0. The molecule has 9 nitrogen and oxygen atoms in total. The molecule has 4 rings (SSSR count). The van der Waals surface area contributed by atoms with Crippen LogP contribution in [-0.2, 0) is 24.6 Å². The molecule has 0 bridgehead atoms. The molecule has 36 heavy (non-hydrogen) atoms. The number of benzene rings is 2. The molecular weight excluding hydrogens is 460 g/mol. The van der Waals surface area contributed by atoms with E-state index in [1.807, 2.05) is 19.9 Å². The van der Waals surface area contributed by atoms with Gasteiger partial charge in [-0.15, -0.1) is 6.42 Å². The first-order valence-corrected chi connectivity index (χ1v) is 11.9. The number of aryl methyl sites for hydroxylation is 1. The largest absolute Gasteiger partial charge is 0.420 e. The van der Waals surface area contributed by atoms with Gasteiger partial charge in [-0.1, -0.05) is 12.0 Å². The monoisotopic (exact) mass is 491 g/mol. The molecule has 2 fully saturated rings. The van der Waals surface area contributed by atoms with Gasteiger partial charge < -0.3 is 25.8 Å². The Morgan fingerprint density at radius 1 is 1.25 bits per heavy atom. The highest BCUT2D eigenvalue weighted by atomic mass is 16.5. The van der Waals surface area contributed by atoms with Gasteiger partial charge in [-0.25, -0.2) is 4.79 Å². The Balaban J connectivity index is 1.93. The highest BCUT2D eigenvalue weighted by Gasteiger charge is 2.68. The number of amides is 4. The number of morpholine rings is 1. The van der Waals surface area contributed by atoms with Gasteiger partial charge in [-0.2, -0.15) is 4.48 Å². The molecule has 2 aliphatic rings. The number of anilines is 1. The Morgan fingerprint density at radius 2 is 1.97 bits per heavy atom. The molecule has 2 aromatic rings. The maximum Gasteiger partial charge on any atom is 0.420 e. The van der Waals surface area contributed by atoms with Gasteiger partial charge in [0, 0.05) is 48.5 Å². The Hall–Kier alpha value is -3.71. The number of hydrogen-bond donors (Lipinski definition) is 2. The lowest BCUT2D eigenvalue weighted by molar-refractivity contribution is -0.127. The van der Waals surface area contributed by atoms with Crippen LogP contribution >= 0.6 is 0 Å². The lowest BCUT2D eigenvalue weighted by atomic mass is 9.82. The smallest absolute Gasteiger partial charge is 0.372 e. The molecule has 3 atom stereocenters. The molecule has 2 heterocycles. The zero-order chi connectivity index (χ0) is 26.1. The van der Waals surface area contributed by atoms with Crippen molar-refractivity contribution >= 4 is 29.2 Å². The average molecular weight is 492 g/mol. The molecule has 4 N–H and O–H groups in total. The third-order valence-electron chi connectivity index (χ3n) is 7.26. The third kappa shape index (κ3) is 3.84. The van der Waals surface area contributed by atoms with E-state index in [9.17, 15) is 14.4 Å². The molecule has 2 saturated heterocycles. The zero-order valence-electron chi connectivity index (χ0n) is 20.5. The number of hydrogen-bond acceptors (Lipinski definition) is 5. The number of nitrogens with zero attached hydrogens (tertiary/aromatic N) is 2. The van der Waals surface area contributed by atoms with Crippen molar-refractivity contribution in [3.63, 3.8) is 0 Å². The molecule has 0 saturated carbocycles. The van der Waals surface area contributed by atoms with E-state index in [2.05, 4.69) is 5.92 Å². The van der Waals surface area contributed by atoms with Crippen molar-refractivity contribution in [2.75, 3.05) is 37.8 Å². The second kappa shape index (κ2) is 9.74. The molecule has 0 spiro atoms. The van der Waals surface area contributed by atoms with E-state index in [1.165, 1.54) is 0 Å². The summed E-state index contributed by atoms with van der Waals surface area (Å²) in [4.78, 5) is 41.0. The van der Waals surface area contributed by atoms with Crippen LogP contribution < -0.4 is 20.9 Å². The Labute approximate surface area is 210 Å². The molecule has 2 aromatic carbocycles. The van der Waals surface area contributed by atoms with Gasteiger partial charge in [0.05, 0.1) is 6.61 Å². The zero-order valence-corrected chi connectivity index (χ0v) is 20.5. The van der Waals surface area contributed by atoms with Gasteiger partial charge in [0.1, 0.15) is 24.9 Å². The van der Waals surface area contributed by atoms with Crippen molar-refractivity contribution in [2.45, 2.75) is 31.9 Å². The molecule has 0 radical (unpaired) electrons. The van der Waals surface area contributed by atoms with Crippen LogP contribution in [0.5, 0.6) is 0 Å². The fourth-order valence-corrected chi connectivity index (χ4v) is 5.66. The molecular formula is C27H31N4O5+. The van der Waals surface area contributed by atoms with Gasteiger partial charge in [-0.05, 0) is 43.7 Å². The SMILES string of the molecule is C#Cc1ccc([N+]2(C(N)=O)C[C@H](OCC)C[C@]2(C(N)=O)c2ccc(N3CCOCC3=O)c(C)c2)cc1. The number of primary amides is 2. The number of quaternary nitrogens is 1. The number of likely N-dealkylation sites (tertiary alicyclic amines) is 1. The van der Waals surface area contributed by atoms with Crippen LogP contribution in [0.3, 0.4) is 0 Å². The number of urea groups is 1. The van der Waals surface area contributed by atoms with Crippen LogP contribution in [0.2, 0.25) is 0 Å². The van der Waals surface area contributed by atoms with E-state index in [1.54, 1.807) is 41.3 Å². The molecule has 188 valence electrons. The summed E-state index contributed by atoms with van der Waals surface area (Å²) in [5.74, 6) is 1.72. The maximum atomic E-state index is 13.5. The highest BCUT2D eigenvalue weighted by molar-refractivity contribution is 6.00. The molecule has 0 aliphatic carbocycles. The number of rotatable bonds is 6. The summed E-state index contributed by atoms with van der Waals surface area (Å²) in [6.07, 6.45) is 5.23. The van der Waals surface area contributed by atoms with Gasteiger partial charge in [0.25, 0.3) is 11.8 Å². The van der Waals surface area contributed by atoms with Crippen LogP contribution in [0.25, 0.3) is 0 Å². The first-order chi connectivity index (χ1) is 17.2.